The first kappa shape index (κ1) is 18.3. The maximum Gasteiger partial charge on any atom is 0.356 e. The number of amides is 3. The number of likely N-dealkylation sites (tertiary alicyclic amines) is 1. The zero-order valence-electron chi connectivity index (χ0n) is 14.5. The maximum atomic E-state index is 12.1. The second-order valence-electron chi connectivity index (χ2n) is 6.10. The highest BCUT2D eigenvalue weighted by molar-refractivity contribution is 5.93. The molecule has 9 heteroatoms. The van der Waals surface area contributed by atoms with E-state index in [2.05, 4.69) is 20.6 Å². The number of anilines is 1. The molecule has 0 atom stereocenters. The van der Waals surface area contributed by atoms with Gasteiger partial charge in [-0.3, -0.25) is 4.79 Å². The van der Waals surface area contributed by atoms with E-state index in [9.17, 15) is 14.4 Å². The van der Waals surface area contributed by atoms with Crippen LogP contribution in [0.25, 0.3) is 0 Å². The van der Waals surface area contributed by atoms with Gasteiger partial charge in [0.1, 0.15) is 5.69 Å². The van der Waals surface area contributed by atoms with E-state index in [1.165, 1.54) is 0 Å². The number of benzene rings is 1. The summed E-state index contributed by atoms with van der Waals surface area (Å²) >= 11 is 0. The predicted molar refractivity (Wildman–Crippen MR) is 96.4 cm³/mol. The highest BCUT2D eigenvalue weighted by Gasteiger charge is 2.17. The van der Waals surface area contributed by atoms with Gasteiger partial charge >= 0.3 is 12.0 Å². The molecule has 1 aromatic carbocycles. The second kappa shape index (κ2) is 8.26. The van der Waals surface area contributed by atoms with Crippen LogP contribution in [0.4, 0.5) is 10.5 Å². The zero-order chi connectivity index (χ0) is 19.2. The number of hydrogen-bond acceptors (Lipinski definition) is 5. The molecule has 0 saturated carbocycles. The molecular formula is C18H19N5O4. The van der Waals surface area contributed by atoms with E-state index in [-0.39, 0.29) is 24.0 Å². The smallest absolute Gasteiger partial charge is 0.356 e. The summed E-state index contributed by atoms with van der Waals surface area (Å²) in [6.07, 6.45) is 4.20. The van der Waals surface area contributed by atoms with Crippen LogP contribution in [0.2, 0.25) is 0 Å². The quantitative estimate of drug-likeness (QED) is 0.737. The van der Waals surface area contributed by atoms with E-state index in [4.69, 9.17) is 5.11 Å². The van der Waals surface area contributed by atoms with Gasteiger partial charge in [0.15, 0.2) is 5.69 Å². The monoisotopic (exact) mass is 369 g/mol. The maximum absolute atomic E-state index is 12.1. The third-order valence-corrected chi connectivity index (χ3v) is 4.13. The van der Waals surface area contributed by atoms with Crippen molar-refractivity contribution in [2.45, 2.75) is 19.4 Å². The lowest BCUT2D eigenvalue weighted by Gasteiger charge is -2.16. The molecule has 0 radical (unpaired) electrons. The van der Waals surface area contributed by atoms with Gasteiger partial charge in [-0.05, 0) is 30.5 Å². The minimum Gasteiger partial charge on any atom is -0.476 e. The fourth-order valence-corrected chi connectivity index (χ4v) is 2.71. The number of aromatic carboxylic acids is 1. The summed E-state index contributed by atoms with van der Waals surface area (Å²) < 4.78 is 0. The number of nitrogens with one attached hydrogen (secondary N) is 2. The molecule has 1 fully saturated rings. The lowest BCUT2D eigenvalue weighted by atomic mass is 10.2. The number of aromatic nitrogens is 2. The Kier molecular flexibility index (Phi) is 5.60. The van der Waals surface area contributed by atoms with Gasteiger partial charge in [0.2, 0.25) is 0 Å². The Bertz CT molecular complexity index is 847. The van der Waals surface area contributed by atoms with Gasteiger partial charge in [-0.15, -0.1) is 0 Å². The first-order chi connectivity index (χ1) is 13.0. The summed E-state index contributed by atoms with van der Waals surface area (Å²) in [4.78, 5) is 44.2. The molecule has 1 aliphatic rings. The van der Waals surface area contributed by atoms with Crippen molar-refractivity contribution >= 4 is 23.6 Å². The molecule has 0 spiro atoms. The summed E-state index contributed by atoms with van der Waals surface area (Å²) in [5.74, 6) is -1.67. The molecule has 2 aromatic rings. The SMILES string of the molecule is O=C(O)c1cnc(C(=O)NCc2cccc(NC(=O)N3CCCC3)c2)cn1. The van der Waals surface area contributed by atoms with E-state index in [0.717, 1.165) is 43.9 Å². The molecule has 1 aliphatic heterocycles. The third-order valence-electron chi connectivity index (χ3n) is 4.13. The molecule has 0 bridgehead atoms. The van der Waals surface area contributed by atoms with Crippen LogP contribution in [-0.4, -0.2) is 51.0 Å². The number of carboxylic acids is 1. The largest absolute Gasteiger partial charge is 0.476 e. The predicted octanol–water partition coefficient (Wildman–Crippen LogP) is 1.73. The van der Waals surface area contributed by atoms with E-state index in [1.54, 1.807) is 23.1 Å². The molecule has 1 aromatic heterocycles. The number of carbonyl (C=O) groups is 3. The van der Waals surface area contributed by atoms with Crippen LogP contribution < -0.4 is 10.6 Å². The van der Waals surface area contributed by atoms with Crippen LogP contribution in [0.3, 0.4) is 0 Å². The molecule has 9 nitrogen and oxygen atoms in total. The minimum absolute atomic E-state index is 0.0264. The number of rotatable bonds is 5. The molecule has 0 aliphatic carbocycles. The van der Waals surface area contributed by atoms with E-state index in [0.29, 0.717) is 5.69 Å². The molecular weight excluding hydrogens is 350 g/mol. The molecule has 3 N–H and O–H groups in total. The molecule has 2 heterocycles. The van der Waals surface area contributed by atoms with Crippen LogP contribution in [0.5, 0.6) is 0 Å². The van der Waals surface area contributed by atoms with Crippen molar-refractivity contribution in [1.29, 1.82) is 0 Å². The first-order valence-electron chi connectivity index (χ1n) is 8.51. The Balaban J connectivity index is 1.56. The van der Waals surface area contributed by atoms with Crippen molar-refractivity contribution in [2.75, 3.05) is 18.4 Å². The first-order valence-corrected chi connectivity index (χ1v) is 8.51. The number of hydrogen-bond donors (Lipinski definition) is 3. The minimum atomic E-state index is -1.21. The summed E-state index contributed by atoms with van der Waals surface area (Å²) in [5, 5.41) is 14.3. The number of carboxylic acid groups (broad SMARTS) is 1. The van der Waals surface area contributed by atoms with Gasteiger partial charge in [0.05, 0.1) is 12.4 Å². The van der Waals surface area contributed by atoms with Crippen LogP contribution in [0.1, 0.15) is 39.4 Å². The standard InChI is InChI=1S/C18H19N5O4/c24-16(14-10-20-15(11-19-14)17(25)26)21-9-12-4-3-5-13(8-12)22-18(27)23-6-1-2-7-23/h3-5,8,10-11H,1-2,6-7,9H2,(H,21,24)(H,22,27)(H,25,26). The number of carbonyl (C=O) groups excluding carboxylic acids is 2. The summed E-state index contributed by atoms with van der Waals surface area (Å²) in [7, 11) is 0. The molecule has 27 heavy (non-hydrogen) atoms. The van der Waals surface area contributed by atoms with Crippen LogP contribution in [0.15, 0.2) is 36.7 Å². The highest BCUT2D eigenvalue weighted by Crippen LogP contribution is 2.14. The average molecular weight is 369 g/mol. The van der Waals surface area contributed by atoms with Gasteiger partial charge in [0, 0.05) is 25.3 Å². The van der Waals surface area contributed by atoms with Gasteiger partial charge < -0.3 is 20.6 Å². The Hall–Kier alpha value is -3.49. The Morgan fingerprint density at radius 2 is 1.78 bits per heavy atom. The average Bonchev–Trinajstić information content (AvgIpc) is 3.21. The summed E-state index contributed by atoms with van der Waals surface area (Å²) in [6, 6.07) is 7.07. The van der Waals surface area contributed by atoms with Crippen LogP contribution in [0, 0.1) is 0 Å². The third kappa shape index (κ3) is 4.78. The molecule has 140 valence electrons. The van der Waals surface area contributed by atoms with Crippen molar-refractivity contribution in [1.82, 2.24) is 20.2 Å². The van der Waals surface area contributed by atoms with Crippen LogP contribution >= 0.6 is 0 Å². The van der Waals surface area contributed by atoms with Gasteiger partial charge in [-0.1, -0.05) is 12.1 Å². The van der Waals surface area contributed by atoms with Crippen molar-refractivity contribution in [2.24, 2.45) is 0 Å². The van der Waals surface area contributed by atoms with Crippen molar-refractivity contribution in [3.05, 3.63) is 53.6 Å². The highest BCUT2D eigenvalue weighted by atomic mass is 16.4. The fourth-order valence-electron chi connectivity index (χ4n) is 2.71. The number of nitrogens with zero attached hydrogens (tertiary/aromatic N) is 3. The lowest BCUT2D eigenvalue weighted by molar-refractivity contribution is 0.0689. The topological polar surface area (TPSA) is 125 Å². The van der Waals surface area contributed by atoms with E-state index < -0.39 is 11.9 Å². The normalized spacial score (nSPS) is 13.3. The molecule has 1 saturated heterocycles. The van der Waals surface area contributed by atoms with Crippen molar-refractivity contribution in [3.63, 3.8) is 0 Å². The molecule has 3 amide bonds. The Labute approximate surface area is 155 Å². The molecule has 3 rings (SSSR count). The number of urea groups is 1. The lowest BCUT2D eigenvalue weighted by Crippen LogP contribution is -2.32. The molecule has 0 unspecified atom stereocenters. The van der Waals surface area contributed by atoms with Crippen molar-refractivity contribution in [3.8, 4) is 0 Å². The van der Waals surface area contributed by atoms with Crippen molar-refractivity contribution < 1.29 is 19.5 Å². The Morgan fingerprint density at radius 3 is 2.44 bits per heavy atom. The summed E-state index contributed by atoms with van der Waals surface area (Å²) in [6.45, 7) is 1.77. The van der Waals surface area contributed by atoms with E-state index in [1.807, 2.05) is 6.07 Å². The summed E-state index contributed by atoms with van der Waals surface area (Å²) in [5.41, 5.74) is 1.26. The van der Waals surface area contributed by atoms with Gasteiger partial charge in [-0.25, -0.2) is 19.6 Å². The van der Waals surface area contributed by atoms with Gasteiger partial charge in [0.25, 0.3) is 5.91 Å². The van der Waals surface area contributed by atoms with E-state index >= 15 is 0 Å². The van der Waals surface area contributed by atoms with Crippen LogP contribution in [-0.2, 0) is 6.54 Å². The zero-order valence-corrected chi connectivity index (χ0v) is 14.5. The second-order valence-corrected chi connectivity index (χ2v) is 6.10. The Morgan fingerprint density at radius 1 is 1.07 bits per heavy atom. The fraction of sp³-hybridized carbons (Fsp3) is 0.278. The van der Waals surface area contributed by atoms with Gasteiger partial charge in [-0.2, -0.15) is 0 Å².